The maximum absolute atomic E-state index is 11.1. The molecule has 1 spiro atoms. The summed E-state index contributed by atoms with van der Waals surface area (Å²) in [4.78, 5) is 11.1. The quantitative estimate of drug-likeness (QED) is 0.510. The van der Waals surface area contributed by atoms with Gasteiger partial charge in [0.05, 0.1) is 5.54 Å². The van der Waals surface area contributed by atoms with Crippen molar-refractivity contribution in [1.29, 1.82) is 0 Å². The van der Waals surface area contributed by atoms with E-state index in [1.807, 2.05) is 0 Å². The number of hydrogen-bond donors (Lipinski definition) is 1. The molecule has 0 aromatic heterocycles. The molecule has 1 heterocycles. The van der Waals surface area contributed by atoms with Crippen molar-refractivity contribution in [2.45, 2.75) is 31.2 Å². The lowest BCUT2D eigenvalue weighted by molar-refractivity contribution is -0.125. The molecule has 1 atom stereocenters. The Kier molecular flexibility index (Phi) is 0.943. The lowest BCUT2D eigenvalue weighted by Crippen LogP contribution is -2.59. The minimum atomic E-state index is -0.0139. The van der Waals surface area contributed by atoms with E-state index in [4.69, 9.17) is 0 Å². The van der Waals surface area contributed by atoms with E-state index >= 15 is 0 Å². The Hall–Kier alpha value is -0.370. The molecule has 2 nitrogen and oxygen atoms in total. The lowest BCUT2D eigenvalue weighted by Gasteiger charge is -2.38. The van der Waals surface area contributed by atoms with Gasteiger partial charge >= 0.3 is 0 Å². The van der Waals surface area contributed by atoms with E-state index in [1.165, 1.54) is 0 Å². The summed E-state index contributed by atoms with van der Waals surface area (Å²) >= 11 is 0. The van der Waals surface area contributed by atoms with Gasteiger partial charge in [-0.2, -0.15) is 0 Å². The molecule has 9 heavy (non-hydrogen) atoms. The van der Waals surface area contributed by atoms with E-state index in [-0.39, 0.29) is 5.54 Å². The van der Waals surface area contributed by atoms with Crippen LogP contribution in [-0.4, -0.2) is 17.9 Å². The van der Waals surface area contributed by atoms with Crippen LogP contribution in [0.2, 0.25) is 0 Å². The summed E-state index contributed by atoms with van der Waals surface area (Å²) in [5.41, 5.74) is -0.0139. The molecule has 1 aliphatic heterocycles. The van der Waals surface area contributed by atoms with E-state index in [0.717, 1.165) is 32.2 Å². The lowest BCUT2D eigenvalue weighted by atomic mass is 9.85. The summed E-state index contributed by atoms with van der Waals surface area (Å²) in [6.07, 6.45) is 4.09. The highest BCUT2D eigenvalue weighted by Gasteiger charge is 2.45. The van der Waals surface area contributed by atoms with Crippen molar-refractivity contribution in [2.24, 2.45) is 0 Å². The Morgan fingerprint density at radius 1 is 1.44 bits per heavy atom. The minimum absolute atomic E-state index is 0.0139. The molecule has 2 rings (SSSR count). The zero-order valence-electron chi connectivity index (χ0n) is 5.44. The van der Waals surface area contributed by atoms with Crippen LogP contribution in [0.5, 0.6) is 0 Å². The SMILES string of the molecule is O=C1CCCC12CCN2. The van der Waals surface area contributed by atoms with Gasteiger partial charge < -0.3 is 5.32 Å². The molecular weight excluding hydrogens is 114 g/mol. The van der Waals surface area contributed by atoms with Gasteiger partial charge in [0.1, 0.15) is 0 Å². The van der Waals surface area contributed by atoms with Crippen LogP contribution < -0.4 is 5.32 Å². The van der Waals surface area contributed by atoms with E-state index in [2.05, 4.69) is 5.32 Å². The molecule has 50 valence electrons. The first-order valence-electron chi connectivity index (χ1n) is 3.62. The fourth-order valence-corrected chi connectivity index (χ4v) is 1.81. The summed E-state index contributed by atoms with van der Waals surface area (Å²) in [7, 11) is 0. The number of rotatable bonds is 0. The zero-order valence-corrected chi connectivity index (χ0v) is 5.44. The molecule has 0 aromatic rings. The van der Waals surface area contributed by atoms with Gasteiger partial charge in [-0.25, -0.2) is 0 Å². The first-order chi connectivity index (χ1) is 4.33. The predicted octanol–water partition coefficient (Wildman–Crippen LogP) is 0.471. The first-order valence-corrected chi connectivity index (χ1v) is 3.62. The second kappa shape index (κ2) is 1.57. The van der Waals surface area contributed by atoms with Gasteiger partial charge in [0.25, 0.3) is 0 Å². The van der Waals surface area contributed by atoms with Crippen LogP contribution in [0.25, 0.3) is 0 Å². The van der Waals surface area contributed by atoms with Crippen molar-refractivity contribution in [1.82, 2.24) is 5.32 Å². The molecule has 2 aliphatic rings. The van der Waals surface area contributed by atoms with Gasteiger partial charge in [0, 0.05) is 6.42 Å². The number of Topliss-reactive ketones (excluding diaryl/α,β-unsaturated/α-hetero) is 1. The predicted molar refractivity (Wildman–Crippen MR) is 34.2 cm³/mol. The van der Waals surface area contributed by atoms with Gasteiger partial charge in [-0.05, 0) is 25.8 Å². The number of carbonyl (C=O) groups is 1. The topological polar surface area (TPSA) is 29.1 Å². The number of carbonyl (C=O) groups excluding carboxylic acids is 1. The van der Waals surface area contributed by atoms with Crippen molar-refractivity contribution >= 4 is 5.78 Å². The maximum atomic E-state index is 11.1. The van der Waals surface area contributed by atoms with Crippen molar-refractivity contribution in [3.8, 4) is 0 Å². The average Bonchev–Trinajstić information content (AvgIpc) is 2.07. The van der Waals surface area contributed by atoms with Gasteiger partial charge in [-0.15, -0.1) is 0 Å². The van der Waals surface area contributed by atoms with E-state index < -0.39 is 0 Å². The van der Waals surface area contributed by atoms with E-state index in [9.17, 15) is 4.79 Å². The summed E-state index contributed by atoms with van der Waals surface area (Å²) in [6, 6.07) is 0. The smallest absolute Gasteiger partial charge is 0.152 e. The van der Waals surface area contributed by atoms with Crippen LogP contribution in [0.4, 0.5) is 0 Å². The summed E-state index contributed by atoms with van der Waals surface area (Å²) < 4.78 is 0. The van der Waals surface area contributed by atoms with Gasteiger partial charge in [0.15, 0.2) is 5.78 Å². The number of hydrogen-bond acceptors (Lipinski definition) is 2. The van der Waals surface area contributed by atoms with Gasteiger partial charge in [0.2, 0.25) is 0 Å². The molecule has 0 amide bonds. The Morgan fingerprint density at radius 3 is 2.44 bits per heavy atom. The van der Waals surface area contributed by atoms with Crippen molar-refractivity contribution in [2.75, 3.05) is 6.54 Å². The average molecular weight is 125 g/mol. The molecule has 1 N–H and O–H groups in total. The third kappa shape index (κ3) is 0.568. The van der Waals surface area contributed by atoms with Crippen LogP contribution in [0.3, 0.4) is 0 Å². The highest BCUT2D eigenvalue weighted by atomic mass is 16.1. The van der Waals surface area contributed by atoms with Crippen LogP contribution in [0, 0.1) is 0 Å². The number of ketones is 1. The van der Waals surface area contributed by atoms with E-state index in [0.29, 0.717) is 5.78 Å². The highest BCUT2D eigenvalue weighted by Crippen LogP contribution is 2.33. The Labute approximate surface area is 54.6 Å². The fraction of sp³-hybridized carbons (Fsp3) is 0.857. The Bertz CT molecular complexity index is 149. The molecule has 1 saturated heterocycles. The van der Waals surface area contributed by atoms with Gasteiger partial charge in [-0.3, -0.25) is 4.79 Å². The van der Waals surface area contributed by atoms with Crippen LogP contribution >= 0.6 is 0 Å². The second-order valence-corrected chi connectivity index (χ2v) is 3.04. The molecule has 2 fully saturated rings. The fourth-order valence-electron chi connectivity index (χ4n) is 1.81. The minimum Gasteiger partial charge on any atom is -0.305 e. The standard InChI is InChI=1S/C7H11NO/c9-6-2-1-3-7(6)4-5-8-7/h8H,1-5H2. The molecule has 1 aliphatic carbocycles. The van der Waals surface area contributed by atoms with Crippen LogP contribution in [0.15, 0.2) is 0 Å². The van der Waals surface area contributed by atoms with Crippen molar-refractivity contribution < 1.29 is 4.79 Å². The Morgan fingerprint density at radius 2 is 2.22 bits per heavy atom. The molecule has 0 aromatic carbocycles. The molecule has 0 radical (unpaired) electrons. The van der Waals surface area contributed by atoms with Crippen molar-refractivity contribution in [3.05, 3.63) is 0 Å². The van der Waals surface area contributed by atoms with Crippen molar-refractivity contribution in [3.63, 3.8) is 0 Å². The Balaban J connectivity index is 2.17. The molecule has 1 saturated carbocycles. The molecule has 1 unspecified atom stereocenters. The largest absolute Gasteiger partial charge is 0.305 e. The first kappa shape index (κ1) is 5.42. The third-order valence-electron chi connectivity index (χ3n) is 2.56. The van der Waals surface area contributed by atoms with Gasteiger partial charge in [-0.1, -0.05) is 0 Å². The zero-order chi connectivity index (χ0) is 6.32. The molecule has 2 heteroatoms. The third-order valence-corrected chi connectivity index (χ3v) is 2.56. The second-order valence-electron chi connectivity index (χ2n) is 3.04. The highest BCUT2D eigenvalue weighted by molar-refractivity contribution is 5.91. The van der Waals surface area contributed by atoms with Crippen LogP contribution in [-0.2, 0) is 4.79 Å². The summed E-state index contributed by atoms with van der Waals surface area (Å²) in [5.74, 6) is 0.453. The summed E-state index contributed by atoms with van der Waals surface area (Å²) in [6.45, 7) is 1.05. The monoisotopic (exact) mass is 125 g/mol. The van der Waals surface area contributed by atoms with E-state index in [1.54, 1.807) is 0 Å². The van der Waals surface area contributed by atoms with Crippen LogP contribution in [0.1, 0.15) is 25.7 Å². The summed E-state index contributed by atoms with van der Waals surface area (Å²) in [5, 5.41) is 3.22. The normalized spacial score (nSPS) is 41.6. The molecule has 0 bridgehead atoms. The number of nitrogens with one attached hydrogen (secondary N) is 1. The molecular formula is C7H11NO. The maximum Gasteiger partial charge on any atom is 0.152 e.